The molecule has 0 amide bonds. The zero-order valence-corrected chi connectivity index (χ0v) is 15.9. The normalized spacial score (nSPS) is 10.8. The summed E-state index contributed by atoms with van der Waals surface area (Å²) in [6.45, 7) is 0. The molecule has 5 rings (SSSR count). The number of pyridine rings is 1. The van der Waals surface area contributed by atoms with E-state index in [9.17, 15) is 0 Å². The first kappa shape index (κ1) is 17.2. The van der Waals surface area contributed by atoms with Gasteiger partial charge in [-0.05, 0) is 59.7 Å². The van der Waals surface area contributed by atoms with Crippen LogP contribution in [0.3, 0.4) is 0 Å². The van der Waals surface area contributed by atoms with Crippen LogP contribution in [0.25, 0.3) is 22.0 Å². The number of fused-ring (bicyclic) bond motifs is 1. The van der Waals surface area contributed by atoms with E-state index in [1.54, 1.807) is 0 Å². The predicted molar refractivity (Wildman–Crippen MR) is 122 cm³/mol. The quantitative estimate of drug-likeness (QED) is 0.327. The second-order valence-corrected chi connectivity index (χ2v) is 6.93. The Hall–Kier alpha value is -3.91. The molecule has 2 heteroatoms. The molecular weight excluding hydrogens is 352 g/mol. The maximum absolute atomic E-state index is 4.48. The molecular formula is C27H20N2. The van der Waals surface area contributed by atoms with Gasteiger partial charge in [-0.2, -0.15) is 0 Å². The van der Waals surface area contributed by atoms with Gasteiger partial charge in [-0.25, -0.2) is 0 Å². The molecule has 29 heavy (non-hydrogen) atoms. The highest BCUT2D eigenvalue weighted by molar-refractivity contribution is 5.94. The fourth-order valence-electron chi connectivity index (χ4n) is 3.75. The predicted octanol–water partition coefficient (Wildman–Crippen LogP) is 7.37. The Kier molecular flexibility index (Phi) is 4.51. The van der Waals surface area contributed by atoms with E-state index >= 15 is 0 Å². The minimum Gasteiger partial charge on any atom is -0.311 e. The van der Waals surface area contributed by atoms with Gasteiger partial charge in [0, 0.05) is 28.6 Å². The Morgan fingerprint density at radius 1 is 0.483 bits per heavy atom. The first-order valence-corrected chi connectivity index (χ1v) is 9.74. The Morgan fingerprint density at radius 3 is 1.76 bits per heavy atom. The van der Waals surface area contributed by atoms with E-state index in [4.69, 9.17) is 0 Å². The van der Waals surface area contributed by atoms with Gasteiger partial charge in [0.05, 0.1) is 5.52 Å². The van der Waals surface area contributed by atoms with Gasteiger partial charge in [0.15, 0.2) is 0 Å². The monoisotopic (exact) mass is 372 g/mol. The van der Waals surface area contributed by atoms with Crippen LogP contribution in [0.15, 0.2) is 121 Å². The second-order valence-electron chi connectivity index (χ2n) is 6.93. The van der Waals surface area contributed by atoms with Crippen LogP contribution in [0.1, 0.15) is 0 Å². The molecule has 0 aliphatic rings. The number of aromatic nitrogens is 1. The summed E-state index contributed by atoms with van der Waals surface area (Å²) in [4.78, 5) is 6.76. The fraction of sp³-hybridized carbons (Fsp3) is 0. The van der Waals surface area contributed by atoms with Crippen LogP contribution < -0.4 is 4.90 Å². The smallest absolute Gasteiger partial charge is 0.0708 e. The van der Waals surface area contributed by atoms with Gasteiger partial charge in [-0.1, -0.05) is 66.7 Å². The SMILES string of the molecule is c1ccc(N(c2ccccc2)c2ccc(-c3cccc4ncccc34)cc2)cc1. The van der Waals surface area contributed by atoms with Crippen molar-refractivity contribution in [1.82, 2.24) is 4.98 Å². The van der Waals surface area contributed by atoms with Crippen molar-refractivity contribution in [2.75, 3.05) is 4.90 Å². The van der Waals surface area contributed by atoms with Crippen LogP contribution in [-0.4, -0.2) is 4.98 Å². The van der Waals surface area contributed by atoms with Gasteiger partial charge in [0.25, 0.3) is 0 Å². The summed E-state index contributed by atoms with van der Waals surface area (Å²) in [6, 6.07) is 40.1. The first-order valence-electron chi connectivity index (χ1n) is 9.74. The molecule has 0 atom stereocenters. The van der Waals surface area contributed by atoms with Gasteiger partial charge < -0.3 is 4.90 Å². The van der Waals surface area contributed by atoms with E-state index in [-0.39, 0.29) is 0 Å². The Morgan fingerprint density at radius 2 is 1.10 bits per heavy atom. The van der Waals surface area contributed by atoms with Crippen LogP contribution >= 0.6 is 0 Å². The van der Waals surface area contributed by atoms with Crippen molar-refractivity contribution in [3.8, 4) is 11.1 Å². The molecule has 0 bridgehead atoms. The molecule has 138 valence electrons. The van der Waals surface area contributed by atoms with Crippen molar-refractivity contribution in [1.29, 1.82) is 0 Å². The molecule has 1 heterocycles. The van der Waals surface area contributed by atoms with Gasteiger partial charge in [-0.3, -0.25) is 4.98 Å². The van der Waals surface area contributed by atoms with E-state index in [1.165, 1.54) is 16.5 Å². The van der Waals surface area contributed by atoms with E-state index < -0.39 is 0 Å². The topological polar surface area (TPSA) is 16.1 Å². The highest BCUT2D eigenvalue weighted by Crippen LogP contribution is 2.36. The number of para-hydroxylation sites is 2. The van der Waals surface area contributed by atoms with Crippen molar-refractivity contribution in [2.45, 2.75) is 0 Å². The molecule has 5 aromatic rings. The van der Waals surface area contributed by atoms with E-state index in [2.05, 4.69) is 107 Å². The van der Waals surface area contributed by atoms with Crippen molar-refractivity contribution in [2.24, 2.45) is 0 Å². The summed E-state index contributed by atoms with van der Waals surface area (Å²) in [5, 5.41) is 1.17. The lowest BCUT2D eigenvalue weighted by Gasteiger charge is -2.25. The lowest BCUT2D eigenvalue weighted by atomic mass is 10.00. The zero-order chi connectivity index (χ0) is 19.5. The molecule has 0 N–H and O–H groups in total. The van der Waals surface area contributed by atoms with Crippen LogP contribution in [0.4, 0.5) is 17.1 Å². The van der Waals surface area contributed by atoms with Gasteiger partial charge in [-0.15, -0.1) is 0 Å². The first-order chi connectivity index (χ1) is 14.4. The second kappa shape index (κ2) is 7.61. The lowest BCUT2D eigenvalue weighted by Crippen LogP contribution is -2.09. The molecule has 1 aromatic heterocycles. The fourth-order valence-corrected chi connectivity index (χ4v) is 3.75. The van der Waals surface area contributed by atoms with Gasteiger partial charge in [0.2, 0.25) is 0 Å². The van der Waals surface area contributed by atoms with E-state index in [0.717, 1.165) is 22.6 Å². The minimum atomic E-state index is 1.02. The summed E-state index contributed by atoms with van der Waals surface area (Å²) < 4.78 is 0. The third-order valence-electron chi connectivity index (χ3n) is 5.11. The molecule has 0 fully saturated rings. The number of nitrogens with zero attached hydrogens (tertiary/aromatic N) is 2. The number of anilines is 3. The molecule has 2 nitrogen and oxygen atoms in total. The molecule has 0 saturated carbocycles. The molecule has 0 aliphatic carbocycles. The number of benzene rings is 4. The molecule has 0 spiro atoms. The molecule has 0 radical (unpaired) electrons. The standard InChI is InChI=1S/C27H20N2/c1-3-9-22(10-4-1)29(23-11-5-2-6-12-23)24-18-16-21(17-19-24)25-13-7-15-27-26(25)14-8-20-28-27/h1-20H. The van der Waals surface area contributed by atoms with Crippen LogP contribution in [0.2, 0.25) is 0 Å². The molecule has 4 aromatic carbocycles. The Bertz CT molecular complexity index is 1190. The summed E-state index contributed by atoms with van der Waals surface area (Å²) in [6.07, 6.45) is 1.84. The maximum Gasteiger partial charge on any atom is 0.0708 e. The minimum absolute atomic E-state index is 1.02. The highest BCUT2D eigenvalue weighted by Gasteiger charge is 2.12. The lowest BCUT2D eigenvalue weighted by molar-refractivity contribution is 1.28. The highest BCUT2D eigenvalue weighted by atomic mass is 15.1. The average molecular weight is 372 g/mol. The Balaban J connectivity index is 1.59. The van der Waals surface area contributed by atoms with Crippen molar-refractivity contribution < 1.29 is 0 Å². The van der Waals surface area contributed by atoms with Crippen molar-refractivity contribution >= 4 is 28.0 Å². The van der Waals surface area contributed by atoms with E-state index in [0.29, 0.717) is 0 Å². The van der Waals surface area contributed by atoms with Gasteiger partial charge >= 0.3 is 0 Å². The molecule has 0 saturated heterocycles. The zero-order valence-electron chi connectivity index (χ0n) is 15.9. The number of rotatable bonds is 4. The summed E-state index contributed by atoms with van der Waals surface area (Å²) in [5.74, 6) is 0. The number of hydrogen-bond acceptors (Lipinski definition) is 2. The third-order valence-corrected chi connectivity index (χ3v) is 5.11. The Labute approximate surface area is 170 Å². The molecule has 0 unspecified atom stereocenters. The van der Waals surface area contributed by atoms with E-state index in [1.807, 2.05) is 24.4 Å². The average Bonchev–Trinajstić information content (AvgIpc) is 2.81. The van der Waals surface area contributed by atoms with Crippen LogP contribution in [0.5, 0.6) is 0 Å². The number of hydrogen-bond donors (Lipinski definition) is 0. The van der Waals surface area contributed by atoms with Crippen LogP contribution in [-0.2, 0) is 0 Å². The molecule has 0 aliphatic heterocycles. The summed E-state index contributed by atoms with van der Waals surface area (Å²) in [7, 11) is 0. The largest absolute Gasteiger partial charge is 0.311 e. The van der Waals surface area contributed by atoms with Gasteiger partial charge in [0.1, 0.15) is 0 Å². The summed E-state index contributed by atoms with van der Waals surface area (Å²) >= 11 is 0. The maximum atomic E-state index is 4.48. The van der Waals surface area contributed by atoms with Crippen molar-refractivity contribution in [3.05, 3.63) is 121 Å². The summed E-state index contributed by atoms with van der Waals surface area (Å²) in [5.41, 5.74) is 6.82. The van der Waals surface area contributed by atoms with Crippen LogP contribution in [0, 0.1) is 0 Å². The third kappa shape index (κ3) is 3.37. The van der Waals surface area contributed by atoms with Crippen molar-refractivity contribution in [3.63, 3.8) is 0 Å².